The van der Waals surface area contributed by atoms with Gasteiger partial charge in [-0.2, -0.15) is 4.98 Å². The Morgan fingerprint density at radius 2 is 1.91 bits per heavy atom. The molecule has 4 rings (SSSR count). The van der Waals surface area contributed by atoms with Gasteiger partial charge in [-0.25, -0.2) is 0 Å². The van der Waals surface area contributed by atoms with E-state index in [-0.39, 0.29) is 6.61 Å². The Morgan fingerprint density at radius 1 is 1.06 bits per heavy atom. The molecule has 0 saturated heterocycles. The number of ether oxygens (including phenoxy) is 1. The maximum Gasteiger partial charge on any atom is 0.258 e. The molecule has 0 fully saturated rings. The van der Waals surface area contributed by atoms with Crippen LogP contribution in [0.1, 0.15) is 16.7 Å². The molecule has 0 aliphatic carbocycles. The molecule has 7 nitrogen and oxygen atoms in total. The average molecular weight is 472 g/mol. The number of nitrogens with zero attached hydrogens (tertiary/aromatic N) is 2. The molecule has 0 aliphatic heterocycles. The second kappa shape index (κ2) is 11.7. The molecule has 1 unspecified atom stereocenters. The Bertz CT molecular complexity index is 1280. The van der Waals surface area contributed by atoms with Crippen molar-refractivity contribution in [2.24, 2.45) is 0 Å². The molecule has 1 heterocycles. The van der Waals surface area contributed by atoms with Gasteiger partial charge >= 0.3 is 0 Å². The summed E-state index contributed by atoms with van der Waals surface area (Å²) in [7, 11) is 1.69. The summed E-state index contributed by atoms with van der Waals surface area (Å²) < 4.78 is 11.1. The number of aliphatic hydroxyl groups is 1. The lowest BCUT2D eigenvalue weighted by molar-refractivity contribution is -0.110. The van der Waals surface area contributed by atoms with Crippen molar-refractivity contribution >= 4 is 6.29 Å². The van der Waals surface area contributed by atoms with Crippen LogP contribution < -0.4 is 5.32 Å². The minimum atomic E-state index is -0.543. The molecule has 7 heteroatoms. The Hall–Kier alpha value is -3.65. The Kier molecular flexibility index (Phi) is 8.15. The fourth-order valence-electron chi connectivity index (χ4n) is 4.02. The first-order valence-electron chi connectivity index (χ1n) is 11.5. The zero-order valence-electron chi connectivity index (χ0n) is 19.9. The van der Waals surface area contributed by atoms with E-state index in [4.69, 9.17) is 14.4 Å². The van der Waals surface area contributed by atoms with E-state index in [0.717, 1.165) is 27.8 Å². The SMILES string of the molecule is COCc1cc(-c2nc(-c3cccc(CCNC(C=O)CO)c3)no2)ccc1-c1ccccc1C. The molecule has 180 valence electrons. The van der Waals surface area contributed by atoms with Crippen molar-refractivity contribution in [1.82, 2.24) is 15.5 Å². The lowest BCUT2D eigenvalue weighted by atomic mass is 9.94. The lowest BCUT2D eigenvalue weighted by Gasteiger charge is -2.12. The van der Waals surface area contributed by atoms with Gasteiger partial charge in [-0.15, -0.1) is 0 Å². The molecular formula is C28H29N3O4. The van der Waals surface area contributed by atoms with Crippen molar-refractivity contribution in [2.45, 2.75) is 26.0 Å². The third-order valence-electron chi connectivity index (χ3n) is 5.88. The minimum absolute atomic E-state index is 0.215. The number of methoxy groups -OCH3 is 1. The van der Waals surface area contributed by atoms with Gasteiger partial charge in [-0.05, 0) is 65.9 Å². The molecule has 1 aromatic heterocycles. The molecular weight excluding hydrogens is 442 g/mol. The fraction of sp³-hybridized carbons (Fsp3) is 0.250. The molecule has 0 saturated carbocycles. The summed E-state index contributed by atoms with van der Waals surface area (Å²) in [5.74, 6) is 0.949. The number of aryl methyl sites for hydroxylation is 1. The molecule has 0 amide bonds. The number of rotatable bonds is 11. The van der Waals surface area contributed by atoms with Gasteiger partial charge in [-0.1, -0.05) is 53.7 Å². The van der Waals surface area contributed by atoms with Gasteiger partial charge in [0.05, 0.1) is 19.3 Å². The summed E-state index contributed by atoms with van der Waals surface area (Å²) in [5.41, 5.74) is 7.28. The normalized spacial score (nSPS) is 12.0. The van der Waals surface area contributed by atoms with Crippen LogP contribution in [0.3, 0.4) is 0 Å². The highest BCUT2D eigenvalue weighted by Gasteiger charge is 2.15. The van der Waals surface area contributed by atoms with Crippen LogP contribution in [0.2, 0.25) is 0 Å². The van der Waals surface area contributed by atoms with Gasteiger partial charge in [-0.3, -0.25) is 0 Å². The van der Waals surface area contributed by atoms with Crippen molar-refractivity contribution < 1.29 is 19.2 Å². The number of aromatic nitrogens is 2. The van der Waals surface area contributed by atoms with Crippen LogP contribution in [0.25, 0.3) is 34.0 Å². The smallest absolute Gasteiger partial charge is 0.258 e. The minimum Gasteiger partial charge on any atom is -0.394 e. The van der Waals surface area contributed by atoms with E-state index < -0.39 is 6.04 Å². The monoisotopic (exact) mass is 471 g/mol. The predicted molar refractivity (Wildman–Crippen MR) is 135 cm³/mol. The zero-order chi connectivity index (χ0) is 24.6. The van der Waals surface area contributed by atoms with E-state index in [9.17, 15) is 4.79 Å². The van der Waals surface area contributed by atoms with E-state index in [0.29, 0.717) is 37.6 Å². The third kappa shape index (κ3) is 5.89. The first-order chi connectivity index (χ1) is 17.1. The fourth-order valence-corrected chi connectivity index (χ4v) is 4.02. The molecule has 0 spiro atoms. The van der Waals surface area contributed by atoms with Crippen LogP contribution in [-0.2, 0) is 22.6 Å². The zero-order valence-corrected chi connectivity index (χ0v) is 19.9. The Balaban J connectivity index is 1.55. The highest BCUT2D eigenvalue weighted by atomic mass is 16.5. The largest absolute Gasteiger partial charge is 0.394 e. The number of hydrogen-bond acceptors (Lipinski definition) is 7. The van der Waals surface area contributed by atoms with Crippen LogP contribution in [0.4, 0.5) is 0 Å². The number of aldehydes is 1. The Labute approximate surface area is 204 Å². The Morgan fingerprint density at radius 3 is 2.69 bits per heavy atom. The van der Waals surface area contributed by atoms with Crippen molar-refractivity contribution in [2.75, 3.05) is 20.3 Å². The van der Waals surface area contributed by atoms with Gasteiger partial charge in [0.1, 0.15) is 6.29 Å². The van der Waals surface area contributed by atoms with Gasteiger partial charge in [0.25, 0.3) is 5.89 Å². The lowest BCUT2D eigenvalue weighted by Crippen LogP contribution is -2.35. The van der Waals surface area contributed by atoms with E-state index in [1.54, 1.807) is 7.11 Å². The summed E-state index contributed by atoms with van der Waals surface area (Å²) in [6.07, 6.45) is 1.41. The third-order valence-corrected chi connectivity index (χ3v) is 5.88. The summed E-state index contributed by atoms with van der Waals surface area (Å²) in [6.45, 7) is 2.92. The standard InChI is InChI=1S/C28H29N3O4/c1-19-6-3-4-9-25(19)26-11-10-22(15-23(26)18-34-2)28-30-27(31-35-28)21-8-5-7-20(14-21)12-13-29-24(16-32)17-33/h3-11,14-16,24,29,33H,12-13,17-18H2,1-2H3. The maximum atomic E-state index is 10.8. The summed E-state index contributed by atoms with van der Waals surface area (Å²) in [6, 6.07) is 21.7. The first kappa shape index (κ1) is 24.5. The second-order valence-electron chi connectivity index (χ2n) is 8.37. The quantitative estimate of drug-likeness (QED) is 0.316. The first-order valence-corrected chi connectivity index (χ1v) is 11.5. The van der Waals surface area contributed by atoms with Crippen molar-refractivity contribution in [1.29, 1.82) is 0 Å². The number of benzene rings is 3. The predicted octanol–water partition coefficient (Wildman–Crippen LogP) is 4.22. The molecule has 0 aliphatic rings. The summed E-state index contributed by atoms with van der Waals surface area (Å²) >= 11 is 0. The second-order valence-corrected chi connectivity index (χ2v) is 8.37. The molecule has 0 bridgehead atoms. The molecule has 0 radical (unpaired) electrons. The number of carbonyl (C=O) groups is 1. The van der Waals surface area contributed by atoms with E-state index in [1.165, 1.54) is 11.1 Å². The molecule has 35 heavy (non-hydrogen) atoms. The van der Waals surface area contributed by atoms with E-state index in [1.807, 2.05) is 48.5 Å². The van der Waals surface area contributed by atoms with Crippen molar-refractivity contribution in [3.63, 3.8) is 0 Å². The maximum absolute atomic E-state index is 10.8. The summed E-state index contributed by atoms with van der Waals surface area (Å²) in [5, 5.41) is 16.3. The molecule has 4 aromatic rings. The van der Waals surface area contributed by atoms with Gasteiger partial charge < -0.3 is 24.5 Å². The number of hydrogen-bond donors (Lipinski definition) is 2. The van der Waals surface area contributed by atoms with E-state index >= 15 is 0 Å². The van der Waals surface area contributed by atoms with Crippen LogP contribution in [-0.4, -0.2) is 47.8 Å². The van der Waals surface area contributed by atoms with Gasteiger partial charge in [0.15, 0.2) is 0 Å². The van der Waals surface area contributed by atoms with Crippen LogP contribution in [0.15, 0.2) is 71.3 Å². The number of nitrogens with one attached hydrogen (secondary N) is 1. The van der Waals surface area contributed by atoms with Gasteiger partial charge in [0, 0.05) is 18.2 Å². The topological polar surface area (TPSA) is 97.5 Å². The van der Waals surface area contributed by atoms with Crippen LogP contribution >= 0.6 is 0 Å². The van der Waals surface area contributed by atoms with Crippen molar-refractivity contribution in [3.05, 3.63) is 83.4 Å². The summed E-state index contributed by atoms with van der Waals surface area (Å²) in [4.78, 5) is 15.5. The number of carbonyl (C=O) groups excluding carboxylic acids is 1. The number of aliphatic hydroxyl groups excluding tert-OH is 1. The average Bonchev–Trinajstić information content (AvgIpc) is 3.38. The van der Waals surface area contributed by atoms with E-state index in [2.05, 4.69) is 40.6 Å². The van der Waals surface area contributed by atoms with Crippen LogP contribution in [0, 0.1) is 6.92 Å². The highest BCUT2D eigenvalue weighted by Crippen LogP contribution is 2.31. The molecule has 1 atom stereocenters. The molecule has 3 aromatic carbocycles. The van der Waals surface area contributed by atoms with Gasteiger partial charge in [0.2, 0.25) is 5.82 Å². The van der Waals surface area contributed by atoms with Crippen LogP contribution in [0.5, 0.6) is 0 Å². The van der Waals surface area contributed by atoms with Crippen molar-refractivity contribution in [3.8, 4) is 34.0 Å². The molecule has 2 N–H and O–H groups in total. The highest BCUT2D eigenvalue weighted by molar-refractivity contribution is 5.74.